The highest BCUT2D eigenvalue weighted by molar-refractivity contribution is 5.88. The summed E-state index contributed by atoms with van der Waals surface area (Å²) < 4.78 is 0. The minimum Gasteiger partial charge on any atom is -0.392 e. The van der Waals surface area contributed by atoms with Crippen LogP contribution in [0.2, 0.25) is 0 Å². The molecule has 6 aromatic rings. The Labute approximate surface area is 382 Å². The van der Waals surface area contributed by atoms with Crippen molar-refractivity contribution in [2.45, 2.75) is 79.8 Å². The van der Waals surface area contributed by atoms with Crippen molar-refractivity contribution in [3.05, 3.63) is 119 Å². The predicted molar refractivity (Wildman–Crippen MR) is 257 cm³/mol. The van der Waals surface area contributed by atoms with Crippen LogP contribution in [-0.4, -0.2) is 119 Å². The van der Waals surface area contributed by atoms with Crippen molar-refractivity contribution >= 4 is 45.3 Å². The Bertz CT molecular complexity index is 2670. The normalized spacial score (nSPS) is 20.4. The number of benzene rings is 2. The average Bonchev–Trinajstić information content (AvgIpc) is 4.01. The Morgan fingerprint density at radius 1 is 0.662 bits per heavy atom. The highest BCUT2D eigenvalue weighted by atomic mass is 16.3. The zero-order valence-electron chi connectivity index (χ0n) is 36.4. The van der Waals surface area contributed by atoms with Gasteiger partial charge in [-0.3, -0.25) is 19.8 Å². The van der Waals surface area contributed by atoms with Gasteiger partial charge in [0.05, 0.1) is 30.0 Å². The fourth-order valence-electron chi connectivity index (χ4n) is 10.5. The van der Waals surface area contributed by atoms with Crippen molar-refractivity contribution < 1.29 is 14.7 Å². The monoisotopic (exact) mass is 881 g/mol. The lowest BCUT2D eigenvalue weighted by Gasteiger charge is -2.38. The summed E-state index contributed by atoms with van der Waals surface area (Å²) in [5.74, 6) is 3.51. The molecule has 0 saturated carbocycles. The minimum absolute atomic E-state index is 0. The van der Waals surface area contributed by atoms with Gasteiger partial charge < -0.3 is 24.7 Å². The maximum Gasteiger partial charge on any atom is 0.246 e. The molecule has 10 rings (SSSR count). The van der Waals surface area contributed by atoms with E-state index >= 15 is 0 Å². The molecule has 2 aliphatic heterocycles. The van der Waals surface area contributed by atoms with E-state index < -0.39 is 0 Å². The van der Waals surface area contributed by atoms with Crippen LogP contribution in [0.15, 0.2) is 74.6 Å². The molecule has 3 N–H and O–H groups in total. The molecule has 2 fully saturated rings. The molecule has 4 atom stereocenters. The van der Waals surface area contributed by atoms with Crippen LogP contribution in [0.4, 0.5) is 11.6 Å². The van der Waals surface area contributed by atoms with Gasteiger partial charge in [0.1, 0.15) is 24.3 Å². The van der Waals surface area contributed by atoms with Crippen LogP contribution in [0.25, 0.3) is 21.8 Å². The van der Waals surface area contributed by atoms with Crippen molar-refractivity contribution in [3.8, 4) is 0 Å². The zero-order valence-corrected chi connectivity index (χ0v) is 36.4. The topological polar surface area (TPSA) is 176 Å². The third kappa shape index (κ3) is 8.85. The summed E-state index contributed by atoms with van der Waals surface area (Å²) in [6.07, 6.45) is 13.5. The number of carbonyl (C=O) groups excluding carboxylic acids is 2. The molecule has 4 aromatic heterocycles. The van der Waals surface area contributed by atoms with Crippen molar-refractivity contribution in [2.24, 2.45) is 11.8 Å². The Hall–Kier alpha value is -6.48. The van der Waals surface area contributed by atoms with Crippen LogP contribution in [0, 0.1) is 18.8 Å². The Morgan fingerprint density at radius 2 is 1.11 bits per heavy atom. The SMILES string of the molecule is C.C.C=CC(=O)N1CCN(c2ncnc3c2C[C@@H](C)[C@H](c2c(C)ccc4[nH]ncc24)C3)CC1.C=CC(=O)N1CCN(c2ncnc3c2C[C@@H](C)[C@H](c2c(CO)ccc4[nH]ncc24)C3)CC1. The molecule has 0 bridgehead atoms. The quantitative estimate of drug-likeness (QED) is 0.150. The highest BCUT2D eigenvalue weighted by Crippen LogP contribution is 2.44. The minimum atomic E-state index is -0.0149. The number of nitrogens with one attached hydrogen (secondary N) is 2. The van der Waals surface area contributed by atoms with Crippen molar-refractivity contribution in [1.82, 2.24) is 50.1 Å². The van der Waals surface area contributed by atoms with E-state index in [9.17, 15) is 14.7 Å². The number of amides is 2. The molecule has 2 aliphatic carbocycles. The number of piperazine rings is 2. The number of hydrogen-bond acceptors (Lipinski definition) is 11. The van der Waals surface area contributed by atoms with E-state index in [2.05, 4.69) is 91.2 Å². The smallest absolute Gasteiger partial charge is 0.246 e. The number of nitrogens with zero attached hydrogens (tertiary/aromatic N) is 10. The average molecular weight is 881 g/mol. The standard InChI is InChI=1S/C24H28N6O2.C24H28N6O.2CH4/c1-3-22(32)29-6-8-30(9-7-29)24-18-10-15(2)17(11-21(18)25-14-26-24)23-16(13-31)4-5-20-19(23)12-27-28-20;1-4-22(31)29-7-9-30(10-8-29)24-18-11-16(3)17(12-21(18)25-14-26-24)23-15(2)5-6-20-19(23)13-27-28-20;;/h3-5,12,14-15,17,31H,1,6-11,13H2,2H3,(H,27,28);4-6,13-14,16-17H,1,7-12H2,2-3H3,(H,27,28);2*1H4/t15-,17-;16-,17-;;/m11../s1. The fraction of sp³-hybridized carbons (Fsp3) is 0.440. The van der Waals surface area contributed by atoms with Gasteiger partial charge in [-0.25, -0.2) is 19.9 Å². The third-order valence-electron chi connectivity index (χ3n) is 14.0. The lowest BCUT2D eigenvalue weighted by molar-refractivity contribution is -0.127. The molecule has 2 saturated heterocycles. The van der Waals surface area contributed by atoms with Gasteiger partial charge in [0.25, 0.3) is 0 Å². The number of carbonyl (C=O) groups is 2. The number of H-pyrrole nitrogens is 2. The van der Waals surface area contributed by atoms with Gasteiger partial charge in [0, 0.05) is 85.6 Å². The summed E-state index contributed by atoms with van der Waals surface area (Å²) in [6.45, 7) is 19.8. The summed E-state index contributed by atoms with van der Waals surface area (Å²) in [4.78, 5) is 50.8. The van der Waals surface area contributed by atoms with Gasteiger partial charge in [-0.2, -0.15) is 10.2 Å². The van der Waals surface area contributed by atoms with Gasteiger partial charge in [0.2, 0.25) is 11.8 Å². The second kappa shape index (κ2) is 19.7. The summed E-state index contributed by atoms with van der Waals surface area (Å²) in [5.41, 5.74) is 11.6. The molecule has 2 amide bonds. The number of aromatic nitrogens is 8. The number of anilines is 2. The molecular weight excluding hydrogens is 817 g/mol. The third-order valence-corrected chi connectivity index (χ3v) is 14.0. The van der Waals surface area contributed by atoms with Gasteiger partial charge in [-0.05, 0) is 103 Å². The number of aliphatic hydroxyl groups is 1. The summed E-state index contributed by atoms with van der Waals surface area (Å²) >= 11 is 0. The molecule has 6 heterocycles. The molecular formula is C50H64N12O3. The summed E-state index contributed by atoms with van der Waals surface area (Å²) in [7, 11) is 0. The predicted octanol–water partition coefficient (Wildman–Crippen LogP) is 6.48. The molecule has 65 heavy (non-hydrogen) atoms. The molecule has 4 aliphatic rings. The van der Waals surface area contributed by atoms with Crippen molar-refractivity contribution in [2.75, 3.05) is 62.2 Å². The maximum atomic E-state index is 11.9. The first kappa shape index (κ1) is 46.5. The second-order valence-electron chi connectivity index (χ2n) is 17.5. The van der Waals surface area contributed by atoms with E-state index in [1.165, 1.54) is 45.4 Å². The molecule has 15 heteroatoms. The van der Waals surface area contributed by atoms with E-state index in [4.69, 9.17) is 4.98 Å². The van der Waals surface area contributed by atoms with Crippen LogP contribution in [-0.2, 0) is 41.9 Å². The van der Waals surface area contributed by atoms with Gasteiger partial charge in [-0.15, -0.1) is 0 Å². The van der Waals surface area contributed by atoms with E-state index in [1.807, 2.05) is 34.3 Å². The Balaban J connectivity index is 0.000000188. The molecule has 342 valence electrons. The van der Waals surface area contributed by atoms with E-state index in [1.54, 1.807) is 12.7 Å². The lowest BCUT2D eigenvalue weighted by Crippen LogP contribution is -2.49. The van der Waals surface area contributed by atoms with Gasteiger partial charge >= 0.3 is 0 Å². The largest absolute Gasteiger partial charge is 0.392 e. The first-order chi connectivity index (χ1) is 30.7. The van der Waals surface area contributed by atoms with Crippen molar-refractivity contribution in [1.29, 1.82) is 0 Å². The molecule has 15 nitrogen and oxygen atoms in total. The second-order valence-corrected chi connectivity index (χ2v) is 17.5. The van der Waals surface area contributed by atoms with Crippen LogP contribution in [0.3, 0.4) is 0 Å². The molecule has 0 radical (unpaired) electrons. The number of aryl methyl sites for hydroxylation is 1. The number of rotatable bonds is 7. The van der Waals surface area contributed by atoms with Crippen LogP contribution < -0.4 is 9.80 Å². The number of aromatic amines is 2. The number of hydrogen-bond donors (Lipinski definition) is 3. The van der Waals surface area contributed by atoms with Crippen LogP contribution >= 0.6 is 0 Å². The number of fused-ring (bicyclic) bond motifs is 4. The zero-order chi connectivity index (χ0) is 43.8. The fourth-order valence-corrected chi connectivity index (χ4v) is 10.5. The first-order valence-corrected chi connectivity index (χ1v) is 22.1. The molecule has 0 spiro atoms. The summed E-state index contributed by atoms with van der Waals surface area (Å²) in [5, 5.41) is 27.0. The Kier molecular flexibility index (Phi) is 14.1. The molecule has 2 aromatic carbocycles. The highest BCUT2D eigenvalue weighted by Gasteiger charge is 2.35. The molecule has 0 unspecified atom stereocenters. The van der Waals surface area contributed by atoms with Gasteiger partial charge in [0.15, 0.2) is 0 Å². The first-order valence-electron chi connectivity index (χ1n) is 22.1. The van der Waals surface area contributed by atoms with E-state index in [-0.39, 0.29) is 39.2 Å². The summed E-state index contributed by atoms with van der Waals surface area (Å²) in [6, 6.07) is 8.27. The number of aliphatic hydroxyl groups excluding tert-OH is 1. The maximum absolute atomic E-state index is 11.9. The van der Waals surface area contributed by atoms with E-state index in [0.717, 1.165) is 96.9 Å². The Morgan fingerprint density at radius 3 is 1.57 bits per heavy atom. The lowest BCUT2D eigenvalue weighted by atomic mass is 9.73. The van der Waals surface area contributed by atoms with Crippen molar-refractivity contribution in [3.63, 3.8) is 0 Å². The van der Waals surface area contributed by atoms with Crippen LogP contribution in [0.1, 0.15) is 85.3 Å². The van der Waals surface area contributed by atoms with Gasteiger partial charge in [-0.1, -0.05) is 54.0 Å². The van der Waals surface area contributed by atoms with Crippen LogP contribution in [0.5, 0.6) is 0 Å². The van der Waals surface area contributed by atoms with E-state index in [0.29, 0.717) is 43.9 Å².